The first-order chi connectivity index (χ1) is 9.56. The van der Waals surface area contributed by atoms with Crippen LogP contribution in [0, 0.1) is 3.57 Å². The topological polar surface area (TPSA) is 58.6 Å². The molecule has 5 nitrogen and oxygen atoms in total. The zero-order valence-electron chi connectivity index (χ0n) is 11.3. The molecule has 20 heavy (non-hydrogen) atoms. The summed E-state index contributed by atoms with van der Waals surface area (Å²) in [6.45, 7) is 4.66. The molecule has 1 saturated heterocycles. The fourth-order valence-electron chi connectivity index (χ4n) is 1.90. The number of ether oxygens (including phenoxy) is 1. The van der Waals surface area contributed by atoms with Crippen molar-refractivity contribution in [3.05, 3.63) is 33.0 Å². The Morgan fingerprint density at radius 2 is 2.10 bits per heavy atom. The van der Waals surface area contributed by atoms with E-state index in [1.165, 1.54) is 4.90 Å². The normalized spacial score (nSPS) is 16.8. The van der Waals surface area contributed by atoms with E-state index in [1.807, 2.05) is 25.1 Å². The highest BCUT2D eigenvalue weighted by Gasteiger charge is 2.31. The smallest absolute Gasteiger partial charge is 0.328 e. The Morgan fingerprint density at radius 3 is 2.65 bits per heavy atom. The van der Waals surface area contributed by atoms with Gasteiger partial charge in [-0.05, 0) is 60.2 Å². The Hall–Kier alpha value is -1.57. The third-order valence-electron chi connectivity index (χ3n) is 2.85. The maximum Gasteiger partial charge on any atom is 0.328 e. The summed E-state index contributed by atoms with van der Waals surface area (Å²) in [7, 11) is 0. The molecule has 1 fully saturated rings. The number of nitrogens with zero attached hydrogens (tertiary/aromatic N) is 1. The summed E-state index contributed by atoms with van der Waals surface area (Å²) in [6.07, 6.45) is 1.67. The predicted molar refractivity (Wildman–Crippen MR) is 84.2 cm³/mol. The van der Waals surface area contributed by atoms with E-state index in [2.05, 4.69) is 27.9 Å². The van der Waals surface area contributed by atoms with E-state index in [4.69, 9.17) is 4.74 Å². The summed E-state index contributed by atoms with van der Waals surface area (Å²) in [5.41, 5.74) is 1.15. The summed E-state index contributed by atoms with van der Waals surface area (Å²) < 4.78 is 6.42. The van der Waals surface area contributed by atoms with Crippen molar-refractivity contribution in [1.29, 1.82) is 0 Å². The lowest BCUT2D eigenvalue weighted by atomic mass is 10.2. The van der Waals surface area contributed by atoms with E-state index in [9.17, 15) is 9.59 Å². The number of hydrogen-bond acceptors (Lipinski definition) is 3. The Balaban J connectivity index is 2.26. The lowest BCUT2D eigenvalue weighted by molar-refractivity contribution is -0.122. The minimum absolute atomic E-state index is 0.290. The largest absolute Gasteiger partial charge is 0.493 e. The molecule has 1 N–H and O–H groups in total. The monoisotopic (exact) mass is 386 g/mol. The van der Waals surface area contributed by atoms with Crippen LogP contribution < -0.4 is 10.1 Å². The zero-order chi connectivity index (χ0) is 14.7. The average molecular weight is 386 g/mol. The molecule has 0 atom stereocenters. The molecule has 2 rings (SSSR count). The lowest BCUT2D eigenvalue weighted by Crippen LogP contribution is -2.30. The number of imide groups is 1. The van der Waals surface area contributed by atoms with Crippen molar-refractivity contribution in [2.45, 2.75) is 13.8 Å². The van der Waals surface area contributed by atoms with Gasteiger partial charge in [-0.15, -0.1) is 0 Å². The number of halogens is 1. The number of benzene rings is 1. The number of carbonyl (C=O) groups excluding carboxylic acids is 2. The van der Waals surface area contributed by atoms with Crippen molar-refractivity contribution in [2.24, 2.45) is 0 Å². The molecular formula is C14H15IN2O3. The average Bonchev–Trinajstić information content (AvgIpc) is 2.67. The molecule has 3 amide bonds. The van der Waals surface area contributed by atoms with Gasteiger partial charge < -0.3 is 10.1 Å². The summed E-state index contributed by atoms with van der Waals surface area (Å²) in [5, 5.41) is 2.58. The molecule has 106 valence electrons. The van der Waals surface area contributed by atoms with Crippen LogP contribution in [0.3, 0.4) is 0 Å². The zero-order valence-corrected chi connectivity index (χ0v) is 13.4. The minimum atomic E-state index is -0.371. The van der Waals surface area contributed by atoms with Gasteiger partial charge in [-0.3, -0.25) is 9.69 Å². The summed E-state index contributed by atoms with van der Waals surface area (Å²) in [6, 6.07) is 5.25. The molecule has 0 radical (unpaired) electrons. The molecular weight excluding hydrogens is 371 g/mol. The Bertz CT molecular complexity index is 584. The highest BCUT2D eigenvalue weighted by molar-refractivity contribution is 14.1. The van der Waals surface area contributed by atoms with Crippen molar-refractivity contribution in [3.8, 4) is 5.75 Å². The number of urea groups is 1. The molecule has 0 aliphatic carbocycles. The summed E-state index contributed by atoms with van der Waals surface area (Å²) >= 11 is 2.18. The standard InChI is InChI=1S/C14H15IN2O3/c1-3-17-13(18)11(16-14(17)19)8-9-5-6-12(20-4-2)10(15)7-9/h5-8H,3-4H2,1-2H3,(H,16,19)/b11-8+. The Morgan fingerprint density at radius 1 is 1.35 bits per heavy atom. The fraction of sp³-hybridized carbons (Fsp3) is 0.286. The molecule has 1 aliphatic rings. The van der Waals surface area contributed by atoms with E-state index in [-0.39, 0.29) is 11.9 Å². The number of amides is 3. The van der Waals surface area contributed by atoms with E-state index in [0.717, 1.165) is 14.9 Å². The Kier molecular flexibility index (Phi) is 4.64. The second-order valence-corrected chi connectivity index (χ2v) is 5.32. The number of likely N-dealkylation sites (N-methyl/N-ethyl adjacent to an activating group) is 1. The van der Waals surface area contributed by atoms with Crippen molar-refractivity contribution >= 4 is 40.6 Å². The van der Waals surface area contributed by atoms with E-state index in [0.29, 0.717) is 18.8 Å². The quantitative estimate of drug-likeness (QED) is 0.492. The van der Waals surface area contributed by atoms with E-state index in [1.54, 1.807) is 13.0 Å². The molecule has 1 aromatic carbocycles. The molecule has 0 saturated carbocycles. The maximum atomic E-state index is 12.0. The van der Waals surface area contributed by atoms with Crippen LogP contribution in [0.4, 0.5) is 4.79 Å². The molecule has 0 aromatic heterocycles. The third-order valence-corrected chi connectivity index (χ3v) is 3.69. The van der Waals surface area contributed by atoms with Crippen LogP contribution >= 0.6 is 22.6 Å². The van der Waals surface area contributed by atoms with Gasteiger partial charge in [-0.2, -0.15) is 0 Å². The van der Waals surface area contributed by atoms with Crippen LogP contribution in [-0.2, 0) is 4.79 Å². The van der Waals surface area contributed by atoms with E-state index >= 15 is 0 Å². The van der Waals surface area contributed by atoms with Gasteiger partial charge in [-0.25, -0.2) is 4.79 Å². The van der Waals surface area contributed by atoms with Crippen molar-refractivity contribution in [1.82, 2.24) is 10.2 Å². The van der Waals surface area contributed by atoms with Gasteiger partial charge in [0.25, 0.3) is 5.91 Å². The van der Waals surface area contributed by atoms with Gasteiger partial charge in [0.1, 0.15) is 11.4 Å². The van der Waals surface area contributed by atoms with Crippen LogP contribution in [0.1, 0.15) is 19.4 Å². The molecule has 1 aromatic rings. The Labute approximate surface area is 131 Å². The van der Waals surface area contributed by atoms with Crippen LogP contribution in [0.2, 0.25) is 0 Å². The van der Waals surface area contributed by atoms with Crippen LogP contribution in [-0.4, -0.2) is 30.0 Å². The maximum absolute atomic E-state index is 12.0. The SMILES string of the molecule is CCOc1ccc(/C=C2/NC(=O)N(CC)C2=O)cc1I. The first-order valence-electron chi connectivity index (χ1n) is 6.33. The second kappa shape index (κ2) is 6.25. The summed E-state index contributed by atoms with van der Waals surface area (Å²) in [5.74, 6) is 0.522. The molecule has 1 heterocycles. The second-order valence-electron chi connectivity index (χ2n) is 4.16. The van der Waals surface area contributed by atoms with Crippen molar-refractivity contribution in [3.63, 3.8) is 0 Å². The highest BCUT2D eigenvalue weighted by Crippen LogP contribution is 2.23. The first kappa shape index (κ1) is 14.8. The van der Waals surface area contributed by atoms with Gasteiger partial charge in [0, 0.05) is 6.54 Å². The van der Waals surface area contributed by atoms with Gasteiger partial charge in [0.2, 0.25) is 0 Å². The van der Waals surface area contributed by atoms with Crippen LogP contribution in [0.15, 0.2) is 23.9 Å². The number of hydrogen-bond donors (Lipinski definition) is 1. The molecule has 0 spiro atoms. The number of nitrogens with one attached hydrogen (secondary N) is 1. The van der Waals surface area contributed by atoms with Crippen molar-refractivity contribution < 1.29 is 14.3 Å². The fourth-order valence-corrected chi connectivity index (χ4v) is 2.60. The minimum Gasteiger partial charge on any atom is -0.493 e. The predicted octanol–water partition coefficient (Wildman–Crippen LogP) is 2.60. The van der Waals surface area contributed by atoms with Crippen LogP contribution in [0.25, 0.3) is 6.08 Å². The van der Waals surface area contributed by atoms with Gasteiger partial charge in [0.15, 0.2) is 0 Å². The molecule has 1 aliphatic heterocycles. The lowest BCUT2D eigenvalue weighted by Gasteiger charge is -2.07. The summed E-state index contributed by atoms with van der Waals surface area (Å²) in [4.78, 5) is 24.7. The van der Waals surface area contributed by atoms with E-state index < -0.39 is 0 Å². The van der Waals surface area contributed by atoms with Gasteiger partial charge in [-0.1, -0.05) is 6.07 Å². The van der Waals surface area contributed by atoms with Gasteiger partial charge in [0.05, 0.1) is 10.2 Å². The third kappa shape index (κ3) is 2.95. The molecule has 0 bridgehead atoms. The highest BCUT2D eigenvalue weighted by atomic mass is 127. The van der Waals surface area contributed by atoms with Gasteiger partial charge >= 0.3 is 6.03 Å². The molecule has 0 unspecified atom stereocenters. The van der Waals surface area contributed by atoms with Crippen molar-refractivity contribution in [2.75, 3.05) is 13.2 Å². The number of rotatable bonds is 4. The molecule has 6 heteroatoms. The van der Waals surface area contributed by atoms with Crippen LogP contribution in [0.5, 0.6) is 5.75 Å². The first-order valence-corrected chi connectivity index (χ1v) is 7.41. The number of carbonyl (C=O) groups is 2.